The summed E-state index contributed by atoms with van der Waals surface area (Å²) in [4.78, 5) is 12.9. The summed E-state index contributed by atoms with van der Waals surface area (Å²) < 4.78 is 0. The van der Waals surface area contributed by atoms with Gasteiger partial charge in [-0.05, 0) is 31.5 Å². The summed E-state index contributed by atoms with van der Waals surface area (Å²) in [6.07, 6.45) is 3.16. The van der Waals surface area contributed by atoms with E-state index in [0.717, 1.165) is 38.0 Å². The lowest BCUT2D eigenvalue weighted by molar-refractivity contribution is -0.108. The van der Waals surface area contributed by atoms with Gasteiger partial charge >= 0.3 is 0 Å². The number of carbonyl (C=O) groups is 1. The highest BCUT2D eigenvalue weighted by atomic mass is 16.1. The van der Waals surface area contributed by atoms with Gasteiger partial charge in [-0.2, -0.15) is 0 Å². The first-order chi connectivity index (χ1) is 7.42. The first-order valence-corrected chi connectivity index (χ1v) is 5.41. The van der Waals surface area contributed by atoms with Gasteiger partial charge in [0.05, 0.1) is 0 Å². The minimum atomic E-state index is 0.304. The number of amides is 1. The zero-order chi connectivity index (χ0) is 10.5. The Hall–Kier alpha value is -1.35. The van der Waals surface area contributed by atoms with Crippen molar-refractivity contribution in [3.63, 3.8) is 0 Å². The van der Waals surface area contributed by atoms with Gasteiger partial charge in [0, 0.05) is 18.3 Å². The molecule has 1 heterocycles. The third kappa shape index (κ3) is 2.36. The molecule has 1 N–H and O–H groups in total. The molecule has 0 aliphatic carbocycles. The maximum atomic E-state index is 11.1. The van der Waals surface area contributed by atoms with E-state index in [1.807, 2.05) is 35.2 Å². The largest absolute Gasteiger partial charge is 0.315 e. The van der Waals surface area contributed by atoms with Crippen LogP contribution < -0.4 is 10.2 Å². The van der Waals surface area contributed by atoms with E-state index >= 15 is 0 Å². The van der Waals surface area contributed by atoms with Crippen molar-refractivity contribution in [2.45, 2.75) is 18.9 Å². The van der Waals surface area contributed by atoms with Crippen LogP contribution in [0.15, 0.2) is 30.3 Å². The molecule has 0 spiro atoms. The van der Waals surface area contributed by atoms with Crippen LogP contribution in [0.1, 0.15) is 12.8 Å². The molecule has 0 bridgehead atoms. The normalized spacial score (nSPS) is 20.9. The van der Waals surface area contributed by atoms with Crippen LogP contribution in [-0.4, -0.2) is 25.5 Å². The second-order valence-electron chi connectivity index (χ2n) is 3.85. The summed E-state index contributed by atoms with van der Waals surface area (Å²) in [6.45, 7) is 1.96. The highest BCUT2D eigenvalue weighted by Gasteiger charge is 2.20. The smallest absolute Gasteiger partial charge is 0.214 e. The number of nitrogens with zero attached hydrogens (tertiary/aromatic N) is 1. The van der Waals surface area contributed by atoms with Gasteiger partial charge in [-0.25, -0.2) is 0 Å². The van der Waals surface area contributed by atoms with Gasteiger partial charge in [-0.15, -0.1) is 0 Å². The van der Waals surface area contributed by atoms with E-state index in [1.54, 1.807) is 0 Å². The summed E-state index contributed by atoms with van der Waals surface area (Å²) >= 11 is 0. The number of para-hydroxylation sites is 1. The Morgan fingerprint density at radius 3 is 2.73 bits per heavy atom. The molecule has 1 aliphatic rings. The molecule has 1 aliphatic heterocycles. The van der Waals surface area contributed by atoms with Crippen molar-refractivity contribution in [2.24, 2.45) is 0 Å². The van der Waals surface area contributed by atoms with E-state index in [2.05, 4.69) is 5.32 Å². The maximum absolute atomic E-state index is 11.1. The quantitative estimate of drug-likeness (QED) is 0.755. The molecule has 1 fully saturated rings. The summed E-state index contributed by atoms with van der Waals surface area (Å²) in [7, 11) is 0. The van der Waals surface area contributed by atoms with Gasteiger partial charge in [0.1, 0.15) is 0 Å². The SMILES string of the molecule is O=CN(c1ccccc1)C1CCCNC1. The molecular weight excluding hydrogens is 188 g/mol. The van der Waals surface area contributed by atoms with Crippen molar-refractivity contribution in [1.29, 1.82) is 0 Å². The van der Waals surface area contributed by atoms with Gasteiger partial charge in [0.25, 0.3) is 0 Å². The lowest BCUT2D eigenvalue weighted by Crippen LogP contribution is -2.45. The van der Waals surface area contributed by atoms with Crippen LogP contribution in [-0.2, 0) is 4.79 Å². The molecule has 1 saturated heterocycles. The zero-order valence-electron chi connectivity index (χ0n) is 8.73. The van der Waals surface area contributed by atoms with Gasteiger partial charge in [0.15, 0.2) is 0 Å². The Kier molecular flexibility index (Phi) is 3.35. The van der Waals surface area contributed by atoms with Gasteiger partial charge in [0.2, 0.25) is 6.41 Å². The van der Waals surface area contributed by atoms with Crippen molar-refractivity contribution >= 4 is 12.1 Å². The molecule has 3 heteroatoms. The van der Waals surface area contributed by atoms with Crippen LogP contribution in [0.2, 0.25) is 0 Å². The van der Waals surface area contributed by atoms with Gasteiger partial charge < -0.3 is 10.2 Å². The molecule has 1 atom stereocenters. The number of hydrogen-bond donors (Lipinski definition) is 1. The summed E-state index contributed by atoms with van der Waals surface area (Å²) in [6, 6.07) is 10.1. The minimum Gasteiger partial charge on any atom is -0.315 e. The molecule has 0 radical (unpaired) electrons. The fourth-order valence-electron chi connectivity index (χ4n) is 2.03. The van der Waals surface area contributed by atoms with Crippen LogP contribution in [0.5, 0.6) is 0 Å². The standard InChI is InChI=1S/C12H16N2O/c15-10-14(11-5-2-1-3-6-11)12-7-4-8-13-9-12/h1-3,5-6,10,12-13H,4,7-9H2. The summed E-state index contributed by atoms with van der Waals surface area (Å²) in [5.41, 5.74) is 0.987. The number of rotatable bonds is 3. The molecule has 1 aromatic rings. The van der Waals surface area contributed by atoms with E-state index in [1.165, 1.54) is 0 Å². The molecule has 0 saturated carbocycles. The number of hydrogen-bond acceptors (Lipinski definition) is 2. The van der Waals surface area contributed by atoms with Crippen molar-refractivity contribution < 1.29 is 4.79 Å². The summed E-state index contributed by atoms with van der Waals surface area (Å²) in [5, 5.41) is 3.32. The lowest BCUT2D eigenvalue weighted by atomic mass is 10.1. The maximum Gasteiger partial charge on any atom is 0.214 e. The third-order valence-electron chi connectivity index (χ3n) is 2.83. The van der Waals surface area contributed by atoms with E-state index in [-0.39, 0.29) is 0 Å². The Balaban J connectivity index is 2.12. The topological polar surface area (TPSA) is 32.3 Å². The Morgan fingerprint density at radius 1 is 1.33 bits per heavy atom. The molecular formula is C12H16N2O. The molecule has 1 aromatic carbocycles. The summed E-state index contributed by atoms with van der Waals surface area (Å²) in [5.74, 6) is 0. The van der Waals surface area contributed by atoms with Crippen LogP contribution >= 0.6 is 0 Å². The second kappa shape index (κ2) is 4.94. The zero-order valence-corrected chi connectivity index (χ0v) is 8.73. The predicted octanol–water partition coefficient (Wildman–Crippen LogP) is 1.40. The van der Waals surface area contributed by atoms with Crippen LogP contribution in [0.25, 0.3) is 0 Å². The molecule has 3 nitrogen and oxygen atoms in total. The number of carbonyl (C=O) groups excluding carboxylic acids is 1. The molecule has 2 rings (SSSR count). The first kappa shape index (κ1) is 10.2. The van der Waals surface area contributed by atoms with E-state index in [0.29, 0.717) is 6.04 Å². The van der Waals surface area contributed by atoms with E-state index in [4.69, 9.17) is 0 Å². The van der Waals surface area contributed by atoms with E-state index in [9.17, 15) is 4.79 Å². The van der Waals surface area contributed by atoms with Crippen LogP contribution in [0.4, 0.5) is 5.69 Å². The fraction of sp³-hybridized carbons (Fsp3) is 0.417. The van der Waals surface area contributed by atoms with Gasteiger partial charge in [-0.3, -0.25) is 4.79 Å². The lowest BCUT2D eigenvalue weighted by Gasteiger charge is -2.31. The Labute approximate surface area is 90.1 Å². The van der Waals surface area contributed by atoms with Crippen molar-refractivity contribution in [1.82, 2.24) is 5.32 Å². The highest BCUT2D eigenvalue weighted by molar-refractivity contribution is 5.75. The van der Waals surface area contributed by atoms with Crippen LogP contribution in [0.3, 0.4) is 0 Å². The molecule has 1 unspecified atom stereocenters. The minimum absolute atomic E-state index is 0.304. The second-order valence-corrected chi connectivity index (χ2v) is 3.85. The number of piperidine rings is 1. The first-order valence-electron chi connectivity index (χ1n) is 5.41. The van der Waals surface area contributed by atoms with Crippen molar-refractivity contribution in [3.05, 3.63) is 30.3 Å². The highest BCUT2D eigenvalue weighted by Crippen LogP contribution is 2.18. The number of benzene rings is 1. The van der Waals surface area contributed by atoms with E-state index < -0.39 is 0 Å². The Bertz CT molecular complexity index is 307. The average molecular weight is 204 g/mol. The van der Waals surface area contributed by atoms with Crippen molar-refractivity contribution in [3.8, 4) is 0 Å². The molecule has 15 heavy (non-hydrogen) atoms. The third-order valence-corrected chi connectivity index (χ3v) is 2.83. The predicted molar refractivity (Wildman–Crippen MR) is 60.9 cm³/mol. The van der Waals surface area contributed by atoms with Crippen LogP contribution in [0, 0.1) is 0 Å². The fourth-order valence-corrected chi connectivity index (χ4v) is 2.03. The van der Waals surface area contributed by atoms with Crippen molar-refractivity contribution in [2.75, 3.05) is 18.0 Å². The monoisotopic (exact) mass is 204 g/mol. The van der Waals surface area contributed by atoms with Gasteiger partial charge in [-0.1, -0.05) is 18.2 Å². The molecule has 0 aromatic heterocycles. The Morgan fingerprint density at radius 2 is 2.13 bits per heavy atom. The number of anilines is 1. The number of nitrogens with one attached hydrogen (secondary N) is 1. The molecule has 1 amide bonds. The molecule has 80 valence electrons. The average Bonchev–Trinajstić information content (AvgIpc) is 2.33.